The van der Waals surface area contributed by atoms with E-state index < -0.39 is 0 Å². The van der Waals surface area contributed by atoms with Crippen molar-refractivity contribution in [1.29, 1.82) is 0 Å². The Morgan fingerprint density at radius 1 is 0.958 bits per heavy atom. The summed E-state index contributed by atoms with van der Waals surface area (Å²) in [6.07, 6.45) is 1.02. The first-order valence-electron chi connectivity index (χ1n) is 8.47. The fourth-order valence-electron chi connectivity index (χ4n) is 2.95. The number of para-hydroxylation sites is 1. The molecule has 1 saturated heterocycles. The van der Waals surface area contributed by atoms with E-state index in [9.17, 15) is 4.79 Å². The van der Waals surface area contributed by atoms with Gasteiger partial charge in [-0.3, -0.25) is 4.79 Å². The Hall–Kier alpha value is -2.33. The summed E-state index contributed by atoms with van der Waals surface area (Å²) in [6.45, 7) is 3.97. The van der Waals surface area contributed by atoms with Crippen LogP contribution < -0.4 is 4.74 Å². The summed E-state index contributed by atoms with van der Waals surface area (Å²) in [5.74, 6) is 0.925. The minimum atomic E-state index is 0.109. The summed E-state index contributed by atoms with van der Waals surface area (Å²) in [6, 6.07) is 17.5. The zero-order valence-electron chi connectivity index (χ0n) is 14.1. The molecule has 0 N–H and O–H groups in total. The number of nitrogens with zero attached hydrogens (tertiary/aromatic N) is 2. The highest BCUT2D eigenvalue weighted by Gasteiger charge is 2.21. The van der Waals surface area contributed by atoms with Gasteiger partial charge in [0.1, 0.15) is 12.4 Å². The van der Waals surface area contributed by atoms with Gasteiger partial charge in [0.25, 0.3) is 5.91 Å². The maximum Gasteiger partial charge on any atom is 0.254 e. The highest BCUT2D eigenvalue weighted by Crippen LogP contribution is 2.17. The van der Waals surface area contributed by atoms with Gasteiger partial charge in [-0.15, -0.1) is 0 Å². The van der Waals surface area contributed by atoms with E-state index in [0.29, 0.717) is 6.61 Å². The van der Waals surface area contributed by atoms with E-state index in [2.05, 4.69) is 11.9 Å². The van der Waals surface area contributed by atoms with E-state index in [-0.39, 0.29) is 5.91 Å². The highest BCUT2D eigenvalue weighted by atomic mass is 16.5. The zero-order chi connectivity index (χ0) is 16.8. The molecule has 3 rings (SSSR count). The summed E-state index contributed by atoms with van der Waals surface area (Å²) in [5, 5.41) is 0. The summed E-state index contributed by atoms with van der Waals surface area (Å²) in [5.41, 5.74) is 1.68. The molecule has 0 atom stereocenters. The molecule has 4 heteroatoms. The molecule has 0 bridgehead atoms. The fourth-order valence-corrected chi connectivity index (χ4v) is 2.95. The van der Waals surface area contributed by atoms with Gasteiger partial charge in [0.15, 0.2) is 0 Å². The Morgan fingerprint density at radius 2 is 1.71 bits per heavy atom. The lowest BCUT2D eigenvalue weighted by atomic mass is 10.1. The number of benzene rings is 2. The van der Waals surface area contributed by atoms with Gasteiger partial charge in [-0.05, 0) is 38.2 Å². The van der Waals surface area contributed by atoms with E-state index in [0.717, 1.165) is 49.5 Å². The predicted molar refractivity (Wildman–Crippen MR) is 95.2 cm³/mol. The monoisotopic (exact) mass is 324 g/mol. The lowest BCUT2D eigenvalue weighted by Crippen LogP contribution is -2.35. The summed E-state index contributed by atoms with van der Waals surface area (Å²) in [7, 11) is 2.11. The van der Waals surface area contributed by atoms with Gasteiger partial charge >= 0.3 is 0 Å². The van der Waals surface area contributed by atoms with Gasteiger partial charge in [0, 0.05) is 30.8 Å². The highest BCUT2D eigenvalue weighted by molar-refractivity contribution is 5.95. The van der Waals surface area contributed by atoms with Crippen LogP contribution in [0.2, 0.25) is 0 Å². The molecule has 0 saturated carbocycles. The van der Waals surface area contributed by atoms with Crippen LogP contribution in [0.5, 0.6) is 5.75 Å². The fraction of sp³-hybridized carbons (Fsp3) is 0.350. The predicted octanol–water partition coefficient (Wildman–Crippen LogP) is 3.04. The molecule has 1 fully saturated rings. The molecule has 0 aromatic heterocycles. The minimum Gasteiger partial charge on any atom is -0.489 e. The van der Waals surface area contributed by atoms with Crippen molar-refractivity contribution in [2.24, 2.45) is 0 Å². The molecule has 126 valence electrons. The molecule has 1 aliphatic rings. The first kappa shape index (κ1) is 16.5. The lowest BCUT2D eigenvalue weighted by molar-refractivity contribution is 0.0760. The van der Waals surface area contributed by atoms with Crippen molar-refractivity contribution in [2.75, 3.05) is 33.2 Å². The molecule has 1 aliphatic heterocycles. The molecule has 24 heavy (non-hydrogen) atoms. The van der Waals surface area contributed by atoms with Crippen molar-refractivity contribution >= 4 is 5.91 Å². The van der Waals surface area contributed by atoms with E-state index in [1.807, 2.05) is 59.5 Å². The van der Waals surface area contributed by atoms with Crippen LogP contribution in [-0.2, 0) is 6.61 Å². The molecule has 2 aromatic carbocycles. The first-order chi connectivity index (χ1) is 11.7. The van der Waals surface area contributed by atoms with Crippen LogP contribution in [0.25, 0.3) is 0 Å². The number of amides is 1. The average molecular weight is 324 g/mol. The smallest absolute Gasteiger partial charge is 0.254 e. The van der Waals surface area contributed by atoms with Crippen molar-refractivity contribution in [3.8, 4) is 5.75 Å². The van der Waals surface area contributed by atoms with E-state index in [4.69, 9.17) is 4.74 Å². The first-order valence-corrected chi connectivity index (χ1v) is 8.47. The SMILES string of the molecule is CN1CCCN(C(=O)c2ccccc2COc2ccccc2)CC1. The third-order valence-electron chi connectivity index (χ3n) is 4.39. The Bertz CT molecular complexity index is 672. The zero-order valence-corrected chi connectivity index (χ0v) is 14.1. The normalized spacial score (nSPS) is 15.8. The Morgan fingerprint density at radius 3 is 2.54 bits per heavy atom. The van der Waals surface area contributed by atoms with Gasteiger partial charge < -0.3 is 14.5 Å². The van der Waals surface area contributed by atoms with Crippen LogP contribution in [-0.4, -0.2) is 48.9 Å². The summed E-state index contributed by atoms with van der Waals surface area (Å²) >= 11 is 0. The summed E-state index contributed by atoms with van der Waals surface area (Å²) in [4.78, 5) is 17.2. The Balaban J connectivity index is 1.72. The van der Waals surface area contributed by atoms with Crippen LogP contribution in [0.15, 0.2) is 54.6 Å². The molecular weight excluding hydrogens is 300 g/mol. The topological polar surface area (TPSA) is 32.8 Å². The number of hydrogen-bond donors (Lipinski definition) is 0. The van der Waals surface area contributed by atoms with Crippen molar-refractivity contribution in [2.45, 2.75) is 13.0 Å². The van der Waals surface area contributed by atoms with Crippen LogP contribution in [0.1, 0.15) is 22.3 Å². The second-order valence-corrected chi connectivity index (χ2v) is 6.21. The lowest BCUT2D eigenvalue weighted by Gasteiger charge is -2.22. The van der Waals surface area contributed by atoms with Crippen LogP contribution in [0, 0.1) is 0 Å². The maximum atomic E-state index is 12.9. The van der Waals surface area contributed by atoms with Gasteiger partial charge in [0.2, 0.25) is 0 Å². The maximum absolute atomic E-state index is 12.9. The standard InChI is InChI=1S/C20H24N2O2/c1-21-12-7-13-22(15-14-21)20(23)19-11-6-5-8-17(19)16-24-18-9-3-2-4-10-18/h2-6,8-11H,7,12-16H2,1H3. The third kappa shape index (κ3) is 4.15. The van der Waals surface area contributed by atoms with Gasteiger partial charge in [-0.2, -0.15) is 0 Å². The van der Waals surface area contributed by atoms with Crippen LogP contribution in [0.4, 0.5) is 0 Å². The van der Waals surface area contributed by atoms with Gasteiger partial charge in [-0.1, -0.05) is 36.4 Å². The second-order valence-electron chi connectivity index (χ2n) is 6.21. The number of hydrogen-bond acceptors (Lipinski definition) is 3. The quantitative estimate of drug-likeness (QED) is 0.866. The van der Waals surface area contributed by atoms with E-state index in [1.54, 1.807) is 0 Å². The Labute approximate surface area is 143 Å². The number of carbonyl (C=O) groups is 1. The molecular formula is C20H24N2O2. The number of carbonyl (C=O) groups excluding carboxylic acids is 1. The molecule has 0 spiro atoms. The van der Waals surface area contributed by atoms with Gasteiger partial charge in [0.05, 0.1) is 0 Å². The van der Waals surface area contributed by atoms with Crippen molar-refractivity contribution < 1.29 is 9.53 Å². The number of rotatable bonds is 4. The van der Waals surface area contributed by atoms with Crippen molar-refractivity contribution in [3.63, 3.8) is 0 Å². The number of ether oxygens (including phenoxy) is 1. The van der Waals surface area contributed by atoms with Crippen molar-refractivity contribution in [1.82, 2.24) is 9.80 Å². The molecule has 0 unspecified atom stereocenters. The van der Waals surface area contributed by atoms with E-state index >= 15 is 0 Å². The molecule has 4 nitrogen and oxygen atoms in total. The van der Waals surface area contributed by atoms with E-state index in [1.165, 1.54) is 0 Å². The molecule has 0 radical (unpaired) electrons. The third-order valence-corrected chi connectivity index (χ3v) is 4.39. The summed E-state index contributed by atoms with van der Waals surface area (Å²) < 4.78 is 5.83. The number of likely N-dealkylation sites (N-methyl/N-ethyl adjacent to an activating group) is 1. The Kier molecular flexibility index (Phi) is 5.49. The second kappa shape index (κ2) is 7.97. The average Bonchev–Trinajstić information content (AvgIpc) is 2.85. The van der Waals surface area contributed by atoms with Crippen molar-refractivity contribution in [3.05, 3.63) is 65.7 Å². The van der Waals surface area contributed by atoms with Crippen LogP contribution in [0.3, 0.4) is 0 Å². The largest absolute Gasteiger partial charge is 0.489 e. The molecule has 1 amide bonds. The molecule has 1 heterocycles. The van der Waals surface area contributed by atoms with Gasteiger partial charge in [-0.25, -0.2) is 0 Å². The minimum absolute atomic E-state index is 0.109. The molecule has 0 aliphatic carbocycles. The molecule has 2 aromatic rings. The van der Waals surface area contributed by atoms with Crippen LogP contribution >= 0.6 is 0 Å².